The van der Waals surface area contributed by atoms with Crippen molar-refractivity contribution in [2.24, 2.45) is 5.92 Å². The van der Waals surface area contributed by atoms with Gasteiger partial charge in [-0.2, -0.15) is 13.2 Å². The Morgan fingerprint density at radius 2 is 1.83 bits per heavy atom. The van der Waals surface area contributed by atoms with Gasteiger partial charge >= 0.3 is 12.1 Å². The SMILES string of the molecule is O=C(O)[C@@H]1CC(=O)N(c2cc(C(F)(F)F)ccc2N2CCCC2)C1. The molecule has 2 saturated heterocycles. The molecular weight excluding hydrogens is 325 g/mol. The molecule has 24 heavy (non-hydrogen) atoms. The molecule has 1 aromatic carbocycles. The van der Waals surface area contributed by atoms with Crippen LogP contribution in [0.3, 0.4) is 0 Å². The van der Waals surface area contributed by atoms with E-state index in [4.69, 9.17) is 5.11 Å². The van der Waals surface area contributed by atoms with Gasteiger partial charge < -0.3 is 14.9 Å². The first kappa shape index (κ1) is 16.6. The lowest BCUT2D eigenvalue weighted by molar-refractivity contribution is -0.141. The minimum atomic E-state index is -4.52. The predicted molar refractivity (Wildman–Crippen MR) is 81.0 cm³/mol. The van der Waals surface area contributed by atoms with Gasteiger partial charge in [-0.05, 0) is 31.0 Å². The van der Waals surface area contributed by atoms with Crippen LogP contribution in [0.1, 0.15) is 24.8 Å². The fourth-order valence-electron chi connectivity index (χ4n) is 3.25. The summed E-state index contributed by atoms with van der Waals surface area (Å²) >= 11 is 0. The lowest BCUT2D eigenvalue weighted by Crippen LogP contribution is -2.29. The number of halogens is 3. The Balaban J connectivity index is 2.02. The Kier molecular flexibility index (Phi) is 4.15. The molecule has 0 unspecified atom stereocenters. The van der Waals surface area contributed by atoms with Gasteiger partial charge in [0.05, 0.1) is 22.9 Å². The average Bonchev–Trinajstić information content (AvgIpc) is 3.15. The van der Waals surface area contributed by atoms with Crippen molar-refractivity contribution in [3.05, 3.63) is 23.8 Å². The number of anilines is 2. The van der Waals surface area contributed by atoms with E-state index in [1.807, 2.05) is 4.90 Å². The van der Waals surface area contributed by atoms with Crippen LogP contribution < -0.4 is 9.80 Å². The summed E-state index contributed by atoms with van der Waals surface area (Å²) in [6.45, 7) is 1.32. The van der Waals surface area contributed by atoms with Crippen LogP contribution in [0.2, 0.25) is 0 Å². The second-order valence-corrected chi connectivity index (χ2v) is 6.14. The number of alkyl halides is 3. The maximum absolute atomic E-state index is 13.1. The third-order valence-electron chi connectivity index (χ3n) is 4.51. The van der Waals surface area contributed by atoms with Gasteiger partial charge in [-0.25, -0.2) is 0 Å². The van der Waals surface area contributed by atoms with E-state index in [1.54, 1.807) is 0 Å². The zero-order valence-electron chi connectivity index (χ0n) is 12.8. The number of nitrogens with zero attached hydrogens (tertiary/aromatic N) is 2. The number of rotatable bonds is 3. The van der Waals surface area contributed by atoms with Crippen LogP contribution in [-0.2, 0) is 15.8 Å². The van der Waals surface area contributed by atoms with Gasteiger partial charge in [0.25, 0.3) is 0 Å². The van der Waals surface area contributed by atoms with Crippen LogP contribution in [0.5, 0.6) is 0 Å². The lowest BCUT2D eigenvalue weighted by Gasteiger charge is -2.27. The summed E-state index contributed by atoms with van der Waals surface area (Å²) in [5.41, 5.74) is -0.132. The van der Waals surface area contributed by atoms with Crippen LogP contribution in [-0.4, -0.2) is 36.6 Å². The molecule has 2 fully saturated rings. The Morgan fingerprint density at radius 1 is 1.17 bits per heavy atom. The predicted octanol–water partition coefficient (Wildman–Crippen LogP) is 2.74. The van der Waals surface area contributed by atoms with Crippen molar-refractivity contribution in [2.45, 2.75) is 25.4 Å². The summed E-state index contributed by atoms with van der Waals surface area (Å²) in [5, 5.41) is 9.09. The minimum absolute atomic E-state index is 0.101. The number of amides is 1. The van der Waals surface area contributed by atoms with Crippen LogP contribution in [0.25, 0.3) is 0 Å². The van der Waals surface area contributed by atoms with Crippen LogP contribution in [0.4, 0.5) is 24.5 Å². The Labute approximate surface area is 136 Å². The Morgan fingerprint density at radius 3 is 2.38 bits per heavy atom. The molecular formula is C16H17F3N2O3. The highest BCUT2D eigenvalue weighted by molar-refractivity contribution is 6.01. The number of hydrogen-bond donors (Lipinski definition) is 1. The maximum atomic E-state index is 13.1. The number of carboxylic acid groups (broad SMARTS) is 1. The Bertz CT molecular complexity index is 669. The molecule has 0 aliphatic carbocycles. The first-order valence-corrected chi connectivity index (χ1v) is 7.77. The van der Waals surface area contributed by atoms with Gasteiger partial charge in [0.2, 0.25) is 5.91 Å². The van der Waals surface area contributed by atoms with Crippen molar-refractivity contribution >= 4 is 23.3 Å². The zero-order valence-corrected chi connectivity index (χ0v) is 12.8. The van der Waals surface area contributed by atoms with Crippen molar-refractivity contribution in [3.8, 4) is 0 Å². The standard InChI is InChI=1S/C16H17F3N2O3/c17-16(18,19)11-3-4-12(20-5-1-2-6-20)13(8-11)21-9-10(15(23)24)7-14(21)22/h3-4,8,10H,1-2,5-7,9H2,(H,23,24)/t10-/m1/s1. The molecule has 1 N–H and O–H groups in total. The summed E-state index contributed by atoms with van der Waals surface area (Å²) in [6.07, 6.45) is -2.84. The van der Waals surface area contributed by atoms with E-state index in [0.717, 1.165) is 25.0 Å². The highest BCUT2D eigenvalue weighted by Crippen LogP contribution is 2.40. The smallest absolute Gasteiger partial charge is 0.416 e. The highest BCUT2D eigenvalue weighted by atomic mass is 19.4. The monoisotopic (exact) mass is 342 g/mol. The highest BCUT2D eigenvalue weighted by Gasteiger charge is 2.38. The molecule has 1 amide bonds. The third-order valence-corrected chi connectivity index (χ3v) is 4.51. The molecule has 0 spiro atoms. The molecule has 3 rings (SSSR count). The number of carbonyl (C=O) groups excluding carboxylic acids is 1. The van der Waals surface area contributed by atoms with Crippen LogP contribution >= 0.6 is 0 Å². The fourth-order valence-corrected chi connectivity index (χ4v) is 3.25. The Hall–Kier alpha value is -2.25. The molecule has 1 aromatic rings. The van der Waals surface area contributed by atoms with E-state index in [-0.39, 0.29) is 18.7 Å². The summed E-state index contributed by atoms with van der Waals surface area (Å²) in [5.74, 6) is -2.46. The quantitative estimate of drug-likeness (QED) is 0.918. The van der Waals surface area contributed by atoms with Gasteiger partial charge in [-0.15, -0.1) is 0 Å². The minimum Gasteiger partial charge on any atom is -0.481 e. The molecule has 0 radical (unpaired) electrons. The van der Waals surface area contributed by atoms with Gasteiger partial charge in [0, 0.05) is 26.1 Å². The van der Waals surface area contributed by atoms with Gasteiger partial charge in [-0.1, -0.05) is 0 Å². The van der Waals surface area contributed by atoms with E-state index in [9.17, 15) is 22.8 Å². The molecule has 130 valence electrons. The molecule has 0 aromatic heterocycles. The third kappa shape index (κ3) is 3.05. The topological polar surface area (TPSA) is 60.9 Å². The van der Waals surface area contributed by atoms with Gasteiger partial charge in [0.1, 0.15) is 0 Å². The number of carbonyl (C=O) groups is 2. The van der Waals surface area contributed by atoms with Crippen LogP contribution in [0.15, 0.2) is 18.2 Å². The van der Waals surface area contributed by atoms with Gasteiger partial charge in [0.15, 0.2) is 0 Å². The normalized spacial score (nSPS) is 21.6. The number of benzene rings is 1. The summed E-state index contributed by atoms with van der Waals surface area (Å²) < 4.78 is 39.2. The van der Waals surface area contributed by atoms with Crippen molar-refractivity contribution in [1.82, 2.24) is 0 Å². The molecule has 2 aliphatic rings. The largest absolute Gasteiger partial charge is 0.481 e. The summed E-state index contributed by atoms with van der Waals surface area (Å²) in [4.78, 5) is 26.4. The van der Waals surface area contributed by atoms with Crippen LogP contribution in [0, 0.1) is 5.92 Å². The fraction of sp³-hybridized carbons (Fsp3) is 0.500. The molecule has 0 saturated carbocycles. The van der Waals surface area contributed by atoms with Crippen molar-refractivity contribution < 1.29 is 27.9 Å². The number of hydrogen-bond acceptors (Lipinski definition) is 3. The molecule has 2 heterocycles. The van der Waals surface area contributed by atoms with E-state index < -0.39 is 29.5 Å². The zero-order chi connectivity index (χ0) is 17.5. The first-order valence-electron chi connectivity index (χ1n) is 7.77. The van der Waals surface area contributed by atoms with Crippen molar-refractivity contribution in [2.75, 3.05) is 29.4 Å². The molecule has 1 atom stereocenters. The second kappa shape index (κ2) is 5.99. The maximum Gasteiger partial charge on any atom is 0.416 e. The first-order chi connectivity index (χ1) is 11.3. The number of aliphatic carboxylic acids is 1. The molecule has 2 aliphatic heterocycles. The summed E-state index contributed by atoms with van der Waals surface area (Å²) in [7, 11) is 0. The number of carboxylic acids is 1. The van der Waals surface area contributed by atoms with E-state index in [2.05, 4.69) is 0 Å². The van der Waals surface area contributed by atoms with E-state index in [1.165, 1.54) is 11.0 Å². The van der Waals surface area contributed by atoms with Gasteiger partial charge in [-0.3, -0.25) is 9.59 Å². The lowest BCUT2D eigenvalue weighted by atomic mass is 10.1. The van der Waals surface area contributed by atoms with Crippen molar-refractivity contribution in [1.29, 1.82) is 0 Å². The summed E-state index contributed by atoms with van der Waals surface area (Å²) in [6, 6.07) is 3.34. The molecule has 0 bridgehead atoms. The van der Waals surface area contributed by atoms with Crippen molar-refractivity contribution in [3.63, 3.8) is 0 Å². The molecule has 8 heteroatoms. The molecule has 5 nitrogen and oxygen atoms in total. The average molecular weight is 342 g/mol. The second-order valence-electron chi connectivity index (χ2n) is 6.14. The van der Waals surface area contributed by atoms with E-state index in [0.29, 0.717) is 18.8 Å². The van der Waals surface area contributed by atoms with E-state index >= 15 is 0 Å².